The average molecular weight is 704 g/mol. The third-order valence-corrected chi connectivity index (χ3v) is 9.49. The van der Waals surface area contributed by atoms with Gasteiger partial charge in [-0.25, -0.2) is 0 Å². The van der Waals surface area contributed by atoms with Crippen molar-refractivity contribution in [3.8, 4) is 22.3 Å². The van der Waals surface area contributed by atoms with E-state index in [1.54, 1.807) is 10.6 Å². The third kappa shape index (κ3) is 5.72. The second-order valence-corrected chi connectivity index (χ2v) is 11.2. The molecule has 0 fully saturated rings. The summed E-state index contributed by atoms with van der Waals surface area (Å²) in [4.78, 5) is 0. The maximum absolute atomic E-state index is 2.44. The van der Waals surface area contributed by atoms with Crippen LogP contribution in [0.15, 0.2) is 121 Å². The number of hydrogen-bond acceptors (Lipinski definition) is 0. The molecule has 0 spiro atoms. The van der Waals surface area contributed by atoms with E-state index in [-0.39, 0.29) is 58.6 Å². The zero-order valence-electron chi connectivity index (χ0n) is 20.7. The first kappa shape index (κ1) is 29.5. The van der Waals surface area contributed by atoms with E-state index in [4.69, 9.17) is 0 Å². The zero-order chi connectivity index (χ0) is 22.9. The molecule has 0 saturated carbocycles. The fraction of sp³-hybridized carbons (Fsp3) is 0.0909. The van der Waals surface area contributed by atoms with Gasteiger partial charge in [0.05, 0.1) is 0 Å². The number of benzene rings is 4. The van der Waals surface area contributed by atoms with Gasteiger partial charge >= 0.3 is 25.8 Å². The molecule has 0 radical (unpaired) electrons. The fourth-order valence-electron chi connectivity index (χ4n) is 5.19. The quantitative estimate of drug-likeness (QED) is 0.151. The largest absolute Gasteiger partial charge is 4.00 e. The molecule has 7 rings (SSSR count). The van der Waals surface area contributed by atoms with Crippen molar-refractivity contribution in [2.45, 2.75) is 13.3 Å². The normalized spacial score (nSPS) is 12.8. The Morgan fingerprint density at radius 2 is 1.32 bits per heavy atom. The summed E-state index contributed by atoms with van der Waals surface area (Å²) in [5, 5.41) is 8.62. The molecule has 0 N–H and O–H groups in total. The van der Waals surface area contributed by atoms with Gasteiger partial charge in [-0.3, -0.25) is 0 Å². The molecule has 37 heavy (non-hydrogen) atoms. The van der Waals surface area contributed by atoms with Crippen LogP contribution in [0.2, 0.25) is 0 Å². The van der Waals surface area contributed by atoms with Crippen LogP contribution >= 0.6 is 7.92 Å². The minimum absolute atomic E-state index is 0. The number of fused-ring (bicyclic) bond motifs is 4. The van der Waals surface area contributed by atoms with Gasteiger partial charge in [0.25, 0.3) is 0 Å². The molecular weight excluding hydrogens is 677 g/mol. The molecule has 0 saturated heterocycles. The maximum Gasteiger partial charge on any atom is 4.00 e. The Morgan fingerprint density at radius 3 is 2.11 bits per heavy atom. The standard InChI is InChI=1S/C18H16P.C15H11.2ClH.Hf/c1-2-10-19-14-11-13-6-5-8-15(17(13)12-14)16-7-3-4-9-18(16)19;1-2-6-12(7-3-1)14-10-4-8-13-9-5-11-15(13)14;;;/h3-9,11-12H,2,10H2,1H3;1-11H;2*1H;/q2*-1;;;+4/p-2. The Hall–Kier alpha value is -2.02. The molecule has 0 aliphatic carbocycles. The van der Waals surface area contributed by atoms with Crippen molar-refractivity contribution < 1.29 is 50.7 Å². The van der Waals surface area contributed by atoms with Gasteiger partial charge in [-0.15, -0.1) is 63.2 Å². The molecule has 0 nitrogen and oxygen atoms in total. The van der Waals surface area contributed by atoms with Gasteiger partial charge in [0.15, 0.2) is 0 Å². The van der Waals surface area contributed by atoms with Gasteiger partial charge in [-0.2, -0.15) is 18.2 Å². The molecular formula is C33H27Cl2HfP. The van der Waals surface area contributed by atoms with E-state index < -0.39 is 0 Å². The van der Waals surface area contributed by atoms with Gasteiger partial charge in [-0.1, -0.05) is 99.1 Å². The van der Waals surface area contributed by atoms with Crippen LogP contribution in [0.4, 0.5) is 0 Å². The molecule has 4 heteroatoms. The van der Waals surface area contributed by atoms with Crippen molar-refractivity contribution in [2.75, 3.05) is 6.16 Å². The molecule has 1 heterocycles. The molecule has 1 aliphatic rings. The van der Waals surface area contributed by atoms with E-state index in [2.05, 4.69) is 128 Å². The van der Waals surface area contributed by atoms with Crippen molar-refractivity contribution in [1.29, 1.82) is 0 Å². The first-order valence-corrected chi connectivity index (χ1v) is 13.6. The first-order valence-electron chi connectivity index (χ1n) is 12.1. The van der Waals surface area contributed by atoms with E-state index in [0.29, 0.717) is 0 Å². The summed E-state index contributed by atoms with van der Waals surface area (Å²) in [6.45, 7) is 2.29. The number of rotatable bonds is 3. The molecule has 6 aromatic rings. The molecule has 2 bridgehead atoms. The van der Waals surface area contributed by atoms with Crippen molar-refractivity contribution in [3.05, 3.63) is 121 Å². The van der Waals surface area contributed by atoms with Crippen LogP contribution in [0, 0.1) is 0 Å². The van der Waals surface area contributed by atoms with Crippen LogP contribution in [0.5, 0.6) is 0 Å². The molecule has 0 amide bonds. The van der Waals surface area contributed by atoms with E-state index >= 15 is 0 Å². The number of hydrogen-bond donors (Lipinski definition) is 0. The van der Waals surface area contributed by atoms with Gasteiger partial charge in [0, 0.05) is 0 Å². The monoisotopic (exact) mass is 704 g/mol. The molecule has 182 valence electrons. The predicted molar refractivity (Wildman–Crippen MR) is 151 cm³/mol. The predicted octanol–water partition coefficient (Wildman–Crippen LogP) is 2.61. The van der Waals surface area contributed by atoms with Gasteiger partial charge in [0.1, 0.15) is 0 Å². The molecule has 1 aliphatic heterocycles. The van der Waals surface area contributed by atoms with Crippen molar-refractivity contribution >= 4 is 40.1 Å². The Bertz CT molecular complexity index is 1580. The molecule has 6 aromatic carbocycles. The topological polar surface area (TPSA) is 0 Å². The summed E-state index contributed by atoms with van der Waals surface area (Å²) in [5.74, 6) is 0. The average Bonchev–Trinajstić information content (AvgIpc) is 3.52. The van der Waals surface area contributed by atoms with Crippen molar-refractivity contribution in [3.63, 3.8) is 0 Å². The molecule has 0 aromatic heterocycles. The van der Waals surface area contributed by atoms with Crippen LogP contribution in [0.25, 0.3) is 43.8 Å². The second kappa shape index (κ2) is 13.2. The summed E-state index contributed by atoms with van der Waals surface area (Å²) >= 11 is 0. The van der Waals surface area contributed by atoms with E-state index in [9.17, 15) is 0 Å². The Labute approximate surface area is 252 Å². The maximum atomic E-state index is 2.44. The minimum atomic E-state index is -0.172. The van der Waals surface area contributed by atoms with Gasteiger partial charge < -0.3 is 24.8 Å². The number of halogens is 2. The van der Waals surface area contributed by atoms with E-state index in [1.165, 1.54) is 56.4 Å². The van der Waals surface area contributed by atoms with Crippen LogP contribution in [0.1, 0.15) is 13.3 Å². The molecule has 1 unspecified atom stereocenters. The SMILES string of the molecule is CCCP1c2cc3c(cccc3[cH-]2)-c2ccccc21.[Cl-].[Cl-].[Hf+4].c1ccc(-c2cccc3[cH-]ccc23)cc1. The van der Waals surface area contributed by atoms with Crippen LogP contribution in [-0.4, -0.2) is 6.16 Å². The van der Waals surface area contributed by atoms with Crippen LogP contribution in [-0.2, 0) is 25.8 Å². The minimum Gasteiger partial charge on any atom is -1.00 e. The second-order valence-electron chi connectivity index (χ2n) is 8.89. The van der Waals surface area contributed by atoms with E-state index in [0.717, 1.165) is 0 Å². The Kier molecular flexibility index (Phi) is 10.5. The summed E-state index contributed by atoms with van der Waals surface area (Å²) in [5.41, 5.74) is 5.48. The summed E-state index contributed by atoms with van der Waals surface area (Å²) in [7, 11) is -0.172. The van der Waals surface area contributed by atoms with E-state index in [1.807, 2.05) is 0 Å². The van der Waals surface area contributed by atoms with Crippen molar-refractivity contribution in [2.24, 2.45) is 0 Å². The third-order valence-electron chi connectivity index (χ3n) is 6.74. The zero-order valence-corrected chi connectivity index (χ0v) is 26.7. The summed E-state index contributed by atoms with van der Waals surface area (Å²) in [6.07, 6.45) is 2.55. The smallest absolute Gasteiger partial charge is 1.00 e. The first-order chi connectivity index (χ1) is 16.8. The Morgan fingerprint density at radius 1 is 0.649 bits per heavy atom. The van der Waals surface area contributed by atoms with Crippen LogP contribution in [0.3, 0.4) is 0 Å². The van der Waals surface area contributed by atoms with Crippen LogP contribution < -0.4 is 35.4 Å². The van der Waals surface area contributed by atoms with Gasteiger partial charge in [0.2, 0.25) is 0 Å². The molecule has 1 atom stereocenters. The van der Waals surface area contributed by atoms with Gasteiger partial charge in [-0.05, 0) is 22.6 Å². The van der Waals surface area contributed by atoms with Crippen molar-refractivity contribution in [1.82, 2.24) is 0 Å². The fourth-order valence-corrected chi connectivity index (χ4v) is 7.75. The summed E-state index contributed by atoms with van der Waals surface area (Å²) < 4.78 is 0. The Balaban J connectivity index is 0.000000195. The summed E-state index contributed by atoms with van der Waals surface area (Å²) in [6, 6.07) is 44.0.